The van der Waals surface area contributed by atoms with Gasteiger partial charge in [0.1, 0.15) is 12.2 Å². The minimum Gasteiger partial charge on any atom is -0.540 e. The van der Waals surface area contributed by atoms with E-state index < -0.39 is 39.6 Å². The third kappa shape index (κ3) is 9.11. The van der Waals surface area contributed by atoms with E-state index in [4.69, 9.17) is 18.3 Å². The van der Waals surface area contributed by atoms with Crippen LogP contribution in [0.1, 0.15) is 102 Å². The predicted molar refractivity (Wildman–Crippen MR) is 252 cm³/mol. The van der Waals surface area contributed by atoms with Crippen molar-refractivity contribution in [3.05, 3.63) is 123 Å². The Balaban J connectivity index is 1.25. The molecule has 1 aliphatic carbocycles. The van der Waals surface area contributed by atoms with E-state index in [0.29, 0.717) is 12.1 Å². The maximum atomic E-state index is 14.7. The number of rotatable bonds is 15. The Kier molecular flexibility index (Phi) is 13.6. The van der Waals surface area contributed by atoms with Crippen molar-refractivity contribution in [3.63, 3.8) is 0 Å². The fourth-order valence-electron chi connectivity index (χ4n) is 9.07. The van der Waals surface area contributed by atoms with Crippen LogP contribution in [0.25, 0.3) is 16.7 Å². The fraction of sp³-hybridized carbons (Fsp3) is 0.429. The smallest absolute Gasteiger partial charge is 0.411 e. The number of methoxy groups -OCH3 is 1. The first-order valence-electron chi connectivity index (χ1n) is 21.6. The quantitative estimate of drug-likeness (QED) is 0.0710. The van der Waals surface area contributed by atoms with Crippen LogP contribution in [-0.4, -0.2) is 64.8 Å². The van der Waals surface area contributed by atoms with Gasteiger partial charge in [-0.2, -0.15) is 0 Å². The van der Waals surface area contributed by atoms with E-state index in [-0.39, 0.29) is 63.5 Å². The van der Waals surface area contributed by atoms with Gasteiger partial charge < -0.3 is 23.2 Å². The summed E-state index contributed by atoms with van der Waals surface area (Å²) in [5.41, 5.74) is 7.02. The molecule has 13 heteroatoms. The van der Waals surface area contributed by atoms with Crippen LogP contribution >= 0.6 is 0 Å². The van der Waals surface area contributed by atoms with Crippen LogP contribution in [0.4, 0.5) is 16.2 Å². The summed E-state index contributed by atoms with van der Waals surface area (Å²) in [7, 11) is -3.30. The number of benzene rings is 4. The van der Waals surface area contributed by atoms with Gasteiger partial charge in [0.2, 0.25) is 0 Å². The molecule has 2 amide bonds. The number of ether oxygens (including phenoxy) is 2. The minimum absolute atomic E-state index is 0.0569. The van der Waals surface area contributed by atoms with Gasteiger partial charge in [0.15, 0.2) is 19.8 Å². The number of nitrogens with one attached hydrogen (secondary N) is 1. The van der Waals surface area contributed by atoms with Crippen LogP contribution < -0.4 is 14.5 Å². The zero-order valence-corrected chi connectivity index (χ0v) is 40.3. The highest BCUT2D eigenvalue weighted by Gasteiger charge is 2.48. The summed E-state index contributed by atoms with van der Waals surface area (Å²) in [5.74, 6) is -0.0388. The van der Waals surface area contributed by atoms with Gasteiger partial charge in [-0.1, -0.05) is 123 Å². The molecule has 0 spiro atoms. The molecule has 0 saturated heterocycles. The number of nitrogens with zero attached hydrogens (tertiary/aromatic N) is 2. The highest BCUT2D eigenvalue weighted by Crippen LogP contribution is 2.48. The summed E-state index contributed by atoms with van der Waals surface area (Å²) in [5, 5.41) is 15.6. The molecule has 4 aromatic rings. The Morgan fingerprint density at radius 3 is 1.92 bits per heavy atom. The molecule has 1 N–H and O–H groups in total. The summed E-state index contributed by atoms with van der Waals surface area (Å²) >= 11 is 0. The molecule has 2 aliphatic rings. The second-order valence-corrected chi connectivity index (χ2v) is 29.2. The molecular weight excluding hydrogens is 815 g/mol. The second-order valence-electron chi connectivity index (χ2n) is 19.0. The van der Waals surface area contributed by atoms with Crippen molar-refractivity contribution in [2.75, 3.05) is 25.6 Å². The molecule has 1 heterocycles. The molecule has 6 rings (SSSR count). The predicted octanol–water partition coefficient (Wildman–Crippen LogP) is 12.8. The maximum absolute atomic E-state index is 14.7. The Bertz CT molecular complexity index is 2270. The normalized spacial score (nSPS) is 15.4. The number of amides is 2. The average molecular weight is 878 g/mol. The molecule has 0 saturated carbocycles. The fourth-order valence-corrected chi connectivity index (χ4v) is 15.4. The van der Waals surface area contributed by atoms with E-state index in [1.165, 1.54) is 19.2 Å². The first-order valence-corrected chi connectivity index (χ1v) is 26.7. The van der Waals surface area contributed by atoms with Crippen molar-refractivity contribution in [1.82, 2.24) is 4.90 Å². The number of nitro groups is 1. The van der Waals surface area contributed by atoms with Gasteiger partial charge in [0, 0.05) is 23.9 Å². The number of carbonyl (C=O) groups excluding carboxylic acids is 2. The molecule has 1 atom stereocenters. The molecule has 0 unspecified atom stereocenters. The number of nitro benzene ring substituents is 1. The first-order chi connectivity index (χ1) is 29.2. The SMILES string of the molecule is COc1cc(C(=O)N2C=C(c3ccc(NC(=O)OCC4c5ccccc5-c5ccccc54)cc3)C[C@H]2CO[Si](C)(C)C(C)(C)C)c([N+](=O)[O-])cc1O[Si](C(C)C)(C(C)C)C(C)C. The van der Waals surface area contributed by atoms with Crippen molar-refractivity contribution in [2.24, 2.45) is 0 Å². The van der Waals surface area contributed by atoms with Crippen molar-refractivity contribution in [2.45, 2.75) is 115 Å². The summed E-state index contributed by atoms with van der Waals surface area (Å²) < 4.78 is 25.1. The van der Waals surface area contributed by atoms with Crippen LogP contribution in [-0.2, 0) is 9.16 Å². The lowest BCUT2D eigenvalue weighted by molar-refractivity contribution is -0.385. The summed E-state index contributed by atoms with van der Waals surface area (Å²) in [6.45, 7) is 24.1. The largest absolute Gasteiger partial charge is 0.540 e. The monoisotopic (exact) mass is 877 g/mol. The lowest BCUT2D eigenvalue weighted by Gasteiger charge is -2.42. The van der Waals surface area contributed by atoms with E-state index >= 15 is 0 Å². The van der Waals surface area contributed by atoms with Crippen LogP contribution in [0.15, 0.2) is 91.1 Å². The first kappa shape index (κ1) is 46.3. The Labute approximate surface area is 369 Å². The lowest BCUT2D eigenvalue weighted by Crippen LogP contribution is -2.50. The molecule has 4 aromatic carbocycles. The third-order valence-corrected chi connectivity index (χ3v) is 23.9. The van der Waals surface area contributed by atoms with E-state index in [9.17, 15) is 19.7 Å². The Morgan fingerprint density at radius 1 is 0.839 bits per heavy atom. The van der Waals surface area contributed by atoms with E-state index in [1.54, 1.807) is 23.2 Å². The molecule has 330 valence electrons. The van der Waals surface area contributed by atoms with Crippen molar-refractivity contribution >= 4 is 45.6 Å². The molecule has 0 bridgehead atoms. The van der Waals surface area contributed by atoms with Gasteiger partial charge in [-0.15, -0.1) is 0 Å². The number of anilines is 1. The molecule has 1 aliphatic heterocycles. The highest BCUT2D eigenvalue weighted by atomic mass is 28.4. The summed E-state index contributed by atoms with van der Waals surface area (Å²) in [4.78, 5) is 41.7. The molecule has 0 aromatic heterocycles. The van der Waals surface area contributed by atoms with Gasteiger partial charge in [0.25, 0.3) is 19.9 Å². The second kappa shape index (κ2) is 18.2. The lowest BCUT2D eigenvalue weighted by atomic mass is 9.98. The minimum atomic E-state index is -2.54. The van der Waals surface area contributed by atoms with E-state index in [1.807, 2.05) is 36.4 Å². The molecule has 11 nitrogen and oxygen atoms in total. The van der Waals surface area contributed by atoms with Crippen molar-refractivity contribution in [1.29, 1.82) is 0 Å². The number of hydrogen-bond acceptors (Lipinski definition) is 8. The number of carbonyl (C=O) groups is 2. The number of hydrogen-bond donors (Lipinski definition) is 1. The standard InChI is InChI=1S/C49H63N3O8Si2/c1-31(2)62(32(3)4,33(5)6)60-46-27-44(52(55)56)42(26-45(46)57-10)47(53)51-28-35(25-37(51)29-59-61(11,12)49(7,8)9)34-21-23-36(24-22-34)50-48(54)58-30-43-40-19-15-13-17-38(40)39-18-14-16-20-41(39)43/h13-24,26-28,31-33,37,43H,25,29-30H2,1-12H3,(H,50,54)/t37-/m0/s1. The van der Waals surface area contributed by atoms with E-state index in [2.05, 4.69) is 105 Å². The molecule has 0 fully saturated rings. The van der Waals surface area contributed by atoms with Crippen LogP contribution in [0.3, 0.4) is 0 Å². The van der Waals surface area contributed by atoms with Gasteiger partial charge in [-0.25, -0.2) is 4.79 Å². The molecule has 0 radical (unpaired) electrons. The highest BCUT2D eigenvalue weighted by molar-refractivity contribution is 6.78. The average Bonchev–Trinajstić information content (AvgIpc) is 3.79. The zero-order chi connectivity index (χ0) is 45.3. The topological polar surface area (TPSA) is 129 Å². The van der Waals surface area contributed by atoms with Crippen molar-refractivity contribution < 1.29 is 32.8 Å². The van der Waals surface area contributed by atoms with Crippen molar-refractivity contribution in [3.8, 4) is 22.6 Å². The molecular formula is C49H63N3O8Si2. The molecule has 62 heavy (non-hydrogen) atoms. The summed E-state index contributed by atoms with van der Waals surface area (Å²) in [6, 6.07) is 26.2. The van der Waals surface area contributed by atoms with Gasteiger partial charge >= 0.3 is 6.09 Å². The zero-order valence-electron chi connectivity index (χ0n) is 38.3. The van der Waals surface area contributed by atoms with Gasteiger partial charge in [0.05, 0.1) is 30.7 Å². The summed E-state index contributed by atoms with van der Waals surface area (Å²) in [6.07, 6.45) is 1.67. The third-order valence-electron chi connectivity index (χ3n) is 13.4. The van der Waals surface area contributed by atoms with E-state index in [0.717, 1.165) is 33.4 Å². The van der Waals surface area contributed by atoms with Crippen LogP contribution in [0, 0.1) is 10.1 Å². The van der Waals surface area contributed by atoms with Gasteiger partial charge in [-0.3, -0.25) is 20.2 Å². The maximum Gasteiger partial charge on any atom is 0.411 e. The van der Waals surface area contributed by atoms with Crippen LogP contribution in [0.2, 0.25) is 34.8 Å². The van der Waals surface area contributed by atoms with Gasteiger partial charge in [-0.05, 0) is 86.7 Å². The Hall–Kier alpha value is -5.25. The van der Waals surface area contributed by atoms with Crippen LogP contribution in [0.5, 0.6) is 11.5 Å². The Morgan fingerprint density at radius 2 is 1.40 bits per heavy atom. The number of fused-ring (bicyclic) bond motifs is 3.